The van der Waals surface area contributed by atoms with Crippen LogP contribution in [-0.2, 0) is 14.3 Å². The van der Waals surface area contributed by atoms with Crippen molar-refractivity contribution in [2.75, 3.05) is 6.61 Å². The fourth-order valence-electron chi connectivity index (χ4n) is 2.81. The fourth-order valence-corrected chi connectivity index (χ4v) is 2.81. The van der Waals surface area contributed by atoms with Gasteiger partial charge in [-0.3, -0.25) is 9.59 Å². The Morgan fingerprint density at radius 3 is 2.30 bits per heavy atom. The van der Waals surface area contributed by atoms with E-state index < -0.39 is 0 Å². The van der Waals surface area contributed by atoms with Crippen molar-refractivity contribution in [2.24, 2.45) is 5.92 Å². The number of esters is 1. The second kappa shape index (κ2) is 10.9. The van der Waals surface area contributed by atoms with Gasteiger partial charge in [0.1, 0.15) is 5.78 Å². The molecular formula is C17H30O3. The normalized spacial score (nSPS) is 22.6. The van der Waals surface area contributed by atoms with Crippen molar-refractivity contribution in [1.82, 2.24) is 0 Å². The van der Waals surface area contributed by atoms with Crippen molar-refractivity contribution in [1.29, 1.82) is 0 Å². The van der Waals surface area contributed by atoms with E-state index in [1.54, 1.807) is 0 Å². The first-order chi connectivity index (χ1) is 9.74. The molecule has 0 aliphatic heterocycles. The molecular weight excluding hydrogens is 252 g/mol. The zero-order chi connectivity index (χ0) is 14.6. The van der Waals surface area contributed by atoms with E-state index in [1.807, 2.05) is 6.92 Å². The molecule has 0 N–H and O–H groups in total. The van der Waals surface area contributed by atoms with Gasteiger partial charge < -0.3 is 4.74 Å². The van der Waals surface area contributed by atoms with Gasteiger partial charge in [-0.05, 0) is 19.3 Å². The van der Waals surface area contributed by atoms with Crippen molar-refractivity contribution in [2.45, 2.75) is 84.0 Å². The molecule has 0 heterocycles. The zero-order valence-electron chi connectivity index (χ0n) is 13.0. The van der Waals surface area contributed by atoms with E-state index in [9.17, 15) is 9.59 Å². The van der Waals surface area contributed by atoms with Gasteiger partial charge in [-0.25, -0.2) is 0 Å². The smallest absolute Gasteiger partial charge is 0.306 e. The lowest BCUT2D eigenvalue weighted by Crippen LogP contribution is -2.20. The summed E-state index contributed by atoms with van der Waals surface area (Å²) in [7, 11) is 0. The summed E-state index contributed by atoms with van der Waals surface area (Å²) in [5.74, 6) is -0.0184. The average Bonchev–Trinajstić information content (AvgIpc) is 2.43. The molecule has 0 amide bonds. The van der Waals surface area contributed by atoms with Crippen LogP contribution in [-0.4, -0.2) is 18.4 Å². The van der Waals surface area contributed by atoms with Crippen LogP contribution in [0.3, 0.4) is 0 Å². The third kappa shape index (κ3) is 7.66. The predicted octanol–water partition coefficient (Wildman–Crippen LogP) is 4.43. The van der Waals surface area contributed by atoms with Crippen molar-refractivity contribution in [3.63, 3.8) is 0 Å². The second-order valence-corrected chi connectivity index (χ2v) is 5.95. The summed E-state index contributed by atoms with van der Waals surface area (Å²) in [6.45, 7) is 2.45. The van der Waals surface area contributed by atoms with Crippen molar-refractivity contribution >= 4 is 11.8 Å². The summed E-state index contributed by atoms with van der Waals surface area (Å²) >= 11 is 0. The Kier molecular flexibility index (Phi) is 9.35. The highest BCUT2D eigenvalue weighted by molar-refractivity contribution is 5.85. The largest absolute Gasteiger partial charge is 0.466 e. The van der Waals surface area contributed by atoms with E-state index in [-0.39, 0.29) is 17.7 Å². The first-order valence-electron chi connectivity index (χ1n) is 8.42. The Hall–Kier alpha value is -0.860. The molecule has 3 nitrogen and oxygen atoms in total. The highest BCUT2D eigenvalue weighted by Crippen LogP contribution is 2.21. The molecule has 1 rings (SSSR count). The highest BCUT2D eigenvalue weighted by atomic mass is 16.5. The molecule has 1 atom stereocenters. The van der Waals surface area contributed by atoms with Gasteiger partial charge >= 0.3 is 5.97 Å². The Morgan fingerprint density at radius 2 is 1.65 bits per heavy atom. The molecule has 1 unspecified atom stereocenters. The lowest BCUT2D eigenvalue weighted by atomic mass is 9.89. The summed E-state index contributed by atoms with van der Waals surface area (Å²) in [5.41, 5.74) is 0. The first kappa shape index (κ1) is 17.2. The summed E-state index contributed by atoms with van der Waals surface area (Å²) in [6.07, 6.45) is 12.2. The molecule has 0 radical (unpaired) electrons. The van der Waals surface area contributed by atoms with Gasteiger partial charge in [0.25, 0.3) is 0 Å². The molecule has 3 heteroatoms. The van der Waals surface area contributed by atoms with E-state index in [0.717, 1.165) is 32.1 Å². The van der Waals surface area contributed by atoms with Crippen LogP contribution in [0.15, 0.2) is 0 Å². The molecule has 0 aromatic rings. The molecule has 1 fully saturated rings. The molecule has 0 aromatic heterocycles. The third-order valence-electron chi connectivity index (χ3n) is 4.06. The van der Waals surface area contributed by atoms with Gasteiger partial charge in [-0.15, -0.1) is 0 Å². The number of rotatable bonds is 4. The van der Waals surface area contributed by atoms with Crippen molar-refractivity contribution < 1.29 is 14.3 Å². The number of carbonyl (C=O) groups is 2. The Bertz CT molecular complexity index is 286. The number of carbonyl (C=O) groups excluding carboxylic acids is 2. The zero-order valence-corrected chi connectivity index (χ0v) is 13.0. The SMILES string of the molecule is CCCOC(=O)CC1CCCCCCCCCCC1=O. The minimum absolute atomic E-state index is 0.0983. The Morgan fingerprint density at radius 1 is 1.05 bits per heavy atom. The summed E-state index contributed by atoms with van der Waals surface area (Å²) < 4.78 is 5.12. The van der Waals surface area contributed by atoms with Crippen LogP contribution in [0.2, 0.25) is 0 Å². The van der Waals surface area contributed by atoms with Crippen LogP contribution in [0.25, 0.3) is 0 Å². The van der Waals surface area contributed by atoms with Crippen LogP contribution in [0.1, 0.15) is 84.0 Å². The number of ether oxygens (including phenoxy) is 1. The van der Waals surface area contributed by atoms with Gasteiger partial charge in [0.2, 0.25) is 0 Å². The molecule has 20 heavy (non-hydrogen) atoms. The van der Waals surface area contributed by atoms with Gasteiger partial charge in [0.15, 0.2) is 0 Å². The number of Topliss-reactive ketones (excluding diaryl/α,β-unsaturated/α-hetero) is 1. The molecule has 0 bridgehead atoms. The fraction of sp³-hybridized carbons (Fsp3) is 0.882. The number of hydrogen-bond donors (Lipinski definition) is 0. The number of hydrogen-bond acceptors (Lipinski definition) is 3. The van der Waals surface area contributed by atoms with Crippen LogP contribution in [0, 0.1) is 5.92 Å². The van der Waals surface area contributed by atoms with E-state index in [2.05, 4.69) is 0 Å². The maximum Gasteiger partial charge on any atom is 0.306 e. The standard InChI is InChI=1S/C17H30O3/c1-2-13-20-17(19)14-15-11-9-7-5-3-4-6-8-10-12-16(15)18/h15H,2-14H2,1H3. The van der Waals surface area contributed by atoms with E-state index in [4.69, 9.17) is 4.74 Å². The van der Waals surface area contributed by atoms with Crippen molar-refractivity contribution in [3.8, 4) is 0 Å². The van der Waals surface area contributed by atoms with Gasteiger partial charge in [0, 0.05) is 12.3 Å². The van der Waals surface area contributed by atoms with E-state index >= 15 is 0 Å². The second-order valence-electron chi connectivity index (χ2n) is 5.95. The maximum atomic E-state index is 12.2. The van der Waals surface area contributed by atoms with Crippen LogP contribution >= 0.6 is 0 Å². The molecule has 1 aliphatic carbocycles. The third-order valence-corrected chi connectivity index (χ3v) is 4.06. The van der Waals surface area contributed by atoms with Crippen molar-refractivity contribution in [3.05, 3.63) is 0 Å². The average molecular weight is 282 g/mol. The Balaban J connectivity index is 2.43. The molecule has 0 aromatic carbocycles. The van der Waals surface area contributed by atoms with Crippen LogP contribution in [0.5, 0.6) is 0 Å². The number of ketones is 1. The first-order valence-corrected chi connectivity index (χ1v) is 8.42. The molecule has 0 spiro atoms. The van der Waals surface area contributed by atoms with Crippen LogP contribution in [0.4, 0.5) is 0 Å². The topological polar surface area (TPSA) is 43.4 Å². The van der Waals surface area contributed by atoms with Gasteiger partial charge in [-0.1, -0.05) is 51.9 Å². The van der Waals surface area contributed by atoms with Gasteiger partial charge in [0.05, 0.1) is 13.0 Å². The molecule has 1 aliphatic rings. The summed E-state index contributed by atoms with van der Waals surface area (Å²) in [6, 6.07) is 0. The minimum atomic E-state index is -0.197. The quantitative estimate of drug-likeness (QED) is 0.716. The molecule has 1 saturated carbocycles. The Labute approximate surface area is 123 Å². The monoisotopic (exact) mass is 282 g/mol. The summed E-state index contributed by atoms with van der Waals surface area (Å²) in [4.78, 5) is 23.9. The molecule has 116 valence electrons. The van der Waals surface area contributed by atoms with E-state index in [0.29, 0.717) is 19.4 Å². The minimum Gasteiger partial charge on any atom is -0.466 e. The lowest BCUT2D eigenvalue weighted by Gasteiger charge is -2.16. The highest BCUT2D eigenvalue weighted by Gasteiger charge is 2.22. The predicted molar refractivity (Wildman–Crippen MR) is 80.5 cm³/mol. The maximum absolute atomic E-state index is 12.2. The van der Waals surface area contributed by atoms with Crippen LogP contribution < -0.4 is 0 Å². The lowest BCUT2D eigenvalue weighted by molar-refractivity contribution is -0.146. The van der Waals surface area contributed by atoms with E-state index in [1.165, 1.54) is 32.1 Å². The van der Waals surface area contributed by atoms with Gasteiger partial charge in [-0.2, -0.15) is 0 Å². The molecule has 0 saturated heterocycles. The summed E-state index contributed by atoms with van der Waals surface area (Å²) in [5, 5.41) is 0.